The van der Waals surface area contributed by atoms with Gasteiger partial charge in [0.15, 0.2) is 16.8 Å². The number of nitrogens with one attached hydrogen (secondary N) is 1. The van der Waals surface area contributed by atoms with Gasteiger partial charge in [-0.05, 0) is 13.8 Å². The maximum Gasteiger partial charge on any atom is 0.310 e. The van der Waals surface area contributed by atoms with E-state index < -0.39 is 45.8 Å². The topological polar surface area (TPSA) is 106 Å². The SMILES string of the molecule is Cc1nc2nc(C(C)(F)F)[nH]n2c(=O)c1F.Cc1nc2nc(C(C)(F)F)nn2c(Cl)c1F. The number of rotatable bonds is 2. The van der Waals surface area contributed by atoms with Gasteiger partial charge < -0.3 is 0 Å². The number of nitrogens with zero attached hydrogens (tertiary/aromatic N) is 7. The number of aromatic nitrogens is 8. The molecule has 0 saturated carbocycles. The first-order chi connectivity index (χ1) is 14.6. The number of H-pyrrole nitrogens is 1. The normalized spacial score (nSPS) is 12.3. The number of aromatic amines is 1. The minimum atomic E-state index is -3.25. The van der Waals surface area contributed by atoms with Gasteiger partial charge in [-0.2, -0.15) is 41.0 Å². The lowest BCUT2D eigenvalue weighted by atomic mass is 10.4. The molecule has 0 spiro atoms. The van der Waals surface area contributed by atoms with Gasteiger partial charge >= 0.3 is 17.4 Å². The molecule has 0 aliphatic heterocycles. The van der Waals surface area contributed by atoms with E-state index in [-0.39, 0.29) is 22.9 Å². The third-order valence-electron chi connectivity index (χ3n) is 3.96. The predicted molar refractivity (Wildman–Crippen MR) is 97.9 cm³/mol. The third kappa shape index (κ3) is 4.24. The molecule has 4 aromatic rings. The molecule has 0 bridgehead atoms. The number of hydrogen-bond donors (Lipinski definition) is 1. The van der Waals surface area contributed by atoms with Crippen LogP contribution < -0.4 is 5.56 Å². The Morgan fingerprint density at radius 3 is 2.00 bits per heavy atom. The Bertz CT molecular complexity index is 1380. The van der Waals surface area contributed by atoms with Crippen molar-refractivity contribution >= 4 is 23.2 Å². The molecule has 0 radical (unpaired) electrons. The summed E-state index contributed by atoms with van der Waals surface area (Å²) in [5, 5.41) is 5.01. The zero-order valence-electron chi connectivity index (χ0n) is 16.7. The molecule has 9 nitrogen and oxygen atoms in total. The zero-order valence-corrected chi connectivity index (χ0v) is 17.4. The Kier molecular flexibility index (Phi) is 5.65. The molecule has 16 heteroatoms. The monoisotopic (exact) mass is 482 g/mol. The van der Waals surface area contributed by atoms with Gasteiger partial charge in [-0.15, -0.1) is 5.10 Å². The van der Waals surface area contributed by atoms with Crippen LogP contribution in [-0.2, 0) is 11.8 Å². The molecule has 4 rings (SSSR count). The van der Waals surface area contributed by atoms with Crippen LogP contribution in [-0.4, -0.2) is 39.2 Å². The van der Waals surface area contributed by atoms with Crippen molar-refractivity contribution in [3.63, 3.8) is 0 Å². The highest BCUT2D eigenvalue weighted by Gasteiger charge is 2.31. The molecule has 0 saturated heterocycles. The summed E-state index contributed by atoms with van der Waals surface area (Å²) in [4.78, 5) is 25.5. The molecular formula is C16H13ClF6N8O. The van der Waals surface area contributed by atoms with Gasteiger partial charge in [0.1, 0.15) is 0 Å². The summed E-state index contributed by atoms with van der Waals surface area (Å²) in [5.74, 6) is -10.3. The summed E-state index contributed by atoms with van der Waals surface area (Å²) in [6.45, 7) is 3.87. The van der Waals surface area contributed by atoms with Crippen LogP contribution in [0, 0.1) is 25.5 Å². The largest absolute Gasteiger partial charge is 0.310 e. The molecular weight excluding hydrogens is 470 g/mol. The molecule has 32 heavy (non-hydrogen) atoms. The second kappa shape index (κ2) is 7.72. The van der Waals surface area contributed by atoms with Gasteiger partial charge in [-0.1, -0.05) is 11.6 Å². The molecule has 0 aliphatic rings. The number of halogens is 7. The molecule has 1 N–H and O–H groups in total. The highest BCUT2D eigenvalue weighted by atomic mass is 35.5. The standard InChI is InChI=1S/C8H6ClF3N4.C8H7F3N4O/c1-3-4(10)5(9)16-7(13-3)14-6(15-16)8(2,11)12;1-3-4(9)5(16)15-7(12-3)13-6(14-15)8(2,10)11/h1-2H3;1-2H3,(H,12,13,14). The Labute approximate surface area is 179 Å². The van der Waals surface area contributed by atoms with Crippen molar-refractivity contribution in [1.29, 1.82) is 0 Å². The highest BCUT2D eigenvalue weighted by Crippen LogP contribution is 2.26. The van der Waals surface area contributed by atoms with Crippen molar-refractivity contribution in [2.24, 2.45) is 0 Å². The van der Waals surface area contributed by atoms with E-state index in [0.717, 1.165) is 4.52 Å². The van der Waals surface area contributed by atoms with Crippen LogP contribution in [0.2, 0.25) is 5.15 Å². The second-order valence-electron chi connectivity index (χ2n) is 6.75. The molecule has 0 aliphatic carbocycles. The Morgan fingerprint density at radius 2 is 1.44 bits per heavy atom. The summed E-state index contributed by atoms with van der Waals surface area (Å²) in [5.41, 5.74) is -1.27. The summed E-state index contributed by atoms with van der Waals surface area (Å²) < 4.78 is 79.4. The van der Waals surface area contributed by atoms with Crippen molar-refractivity contribution in [3.05, 3.63) is 50.2 Å². The minimum absolute atomic E-state index is 0.0177. The number of alkyl halides is 4. The molecule has 0 amide bonds. The van der Waals surface area contributed by atoms with Crippen molar-refractivity contribution < 1.29 is 26.3 Å². The maximum atomic E-state index is 13.3. The van der Waals surface area contributed by atoms with Gasteiger partial charge in [0, 0.05) is 13.8 Å². The van der Waals surface area contributed by atoms with E-state index >= 15 is 0 Å². The molecule has 0 aromatic carbocycles. The molecule has 0 atom stereocenters. The van der Waals surface area contributed by atoms with E-state index in [0.29, 0.717) is 18.4 Å². The van der Waals surface area contributed by atoms with E-state index in [1.807, 2.05) is 5.10 Å². The molecule has 4 aromatic heterocycles. The average Bonchev–Trinajstić information content (AvgIpc) is 3.29. The van der Waals surface area contributed by atoms with E-state index in [9.17, 15) is 31.1 Å². The predicted octanol–water partition coefficient (Wildman–Crippen LogP) is 3.31. The van der Waals surface area contributed by atoms with Crippen LogP contribution in [0.3, 0.4) is 0 Å². The Balaban J connectivity index is 0.000000181. The van der Waals surface area contributed by atoms with Crippen molar-refractivity contribution in [3.8, 4) is 0 Å². The van der Waals surface area contributed by atoms with Gasteiger partial charge in [0.05, 0.1) is 11.4 Å². The molecule has 172 valence electrons. The van der Waals surface area contributed by atoms with Crippen molar-refractivity contribution in [1.82, 2.24) is 39.2 Å². The van der Waals surface area contributed by atoms with Crippen LogP contribution in [0.4, 0.5) is 26.3 Å². The average molecular weight is 483 g/mol. The van der Waals surface area contributed by atoms with Crippen LogP contribution in [0.1, 0.15) is 36.9 Å². The first-order valence-electron chi connectivity index (χ1n) is 8.61. The highest BCUT2D eigenvalue weighted by molar-refractivity contribution is 6.29. The summed E-state index contributed by atoms with van der Waals surface area (Å²) in [6, 6.07) is 0. The van der Waals surface area contributed by atoms with Crippen LogP contribution in [0.15, 0.2) is 4.79 Å². The number of hydrogen-bond acceptors (Lipinski definition) is 6. The van der Waals surface area contributed by atoms with Crippen LogP contribution >= 0.6 is 11.6 Å². The van der Waals surface area contributed by atoms with Crippen molar-refractivity contribution in [2.75, 3.05) is 0 Å². The van der Waals surface area contributed by atoms with Gasteiger partial charge in [0.25, 0.3) is 11.6 Å². The fraction of sp³-hybridized carbons (Fsp3) is 0.375. The molecule has 4 heterocycles. The second-order valence-corrected chi connectivity index (χ2v) is 7.11. The minimum Gasteiger partial charge on any atom is -0.270 e. The Hall–Kier alpha value is -3.23. The maximum absolute atomic E-state index is 13.3. The lowest BCUT2D eigenvalue weighted by molar-refractivity contribution is 0.00736. The summed E-state index contributed by atoms with van der Waals surface area (Å²) in [6.07, 6.45) is 0. The van der Waals surface area contributed by atoms with Gasteiger partial charge in [0.2, 0.25) is 11.6 Å². The lowest BCUT2D eigenvalue weighted by Gasteiger charge is -2.03. The zero-order chi connectivity index (χ0) is 24.2. The first-order valence-corrected chi connectivity index (χ1v) is 8.99. The molecule has 0 unspecified atom stereocenters. The van der Waals surface area contributed by atoms with E-state index in [2.05, 4.69) is 25.0 Å². The third-order valence-corrected chi connectivity index (χ3v) is 4.28. The Morgan fingerprint density at radius 1 is 0.875 bits per heavy atom. The van der Waals surface area contributed by atoms with E-state index in [4.69, 9.17) is 11.6 Å². The van der Waals surface area contributed by atoms with Gasteiger partial charge in [-0.25, -0.2) is 14.4 Å². The number of aryl methyl sites for hydroxylation is 2. The first kappa shape index (κ1) is 23.4. The number of fused-ring (bicyclic) bond motifs is 2. The van der Waals surface area contributed by atoms with Crippen molar-refractivity contribution in [2.45, 2.75) is 39.5 Å². The lowest BCUT2D eigenvalue weighted by Crippen LogP contribution is -2.21. The molecule has 0 fully saturated rings. The fourth-order valence-electron chi connectivity index (χ4n) is 2.33. The van der Waals surface area contributed by atoms with E-state index in [1.54, 1.807) is 0 Å². The summed E-state index contributed by atoms with van der Waals surface area (Å²) >= 11 is 5.60. The van der Waals surface area contributed by atoms with Crippen LogP contribution in [0.5, 0.6) is 0 Å². The van der Waals surface area contributed by atoms with E-state index in [1.165, 1.54) is 13.8 Å². The quantitative estimate of drug-likeness (QED) is 0.347. The summed E-state index contributed by atoms with van der Waals surface area (Å²) in [7, 11) is 0. The fourth-order valence-corrected chi connectivity index (χ4v) is 2.58. The smallest absolute Gasteiger partial charge is 0.270 e. The van der Waals surface area contributed by atoms with Gasteiger partial charge in [-0.3, -0.25) is 9.89 Å². The van der Waals surface area contributed by atoms with Crippen LogP contribution in [0.25, 0.3) is 11.6 Å².